The number of nitrogens with zero attached hydrogens (tertiary/aromatic N) is 4. The van der Waals surface area contributed by atoms with Crippen molar-refractivity contribution in [1.29, 1.82) is 0 Å². The maximum absolute atomic E-state index is 11.0. The smallest absolute Gasteiger partial charge is 0.264 e. The number of hydrogen-bond donors (Lipinski definition) is 2. The first kappa shape index (κ1) is 22.3. The summed E-state index contributed by atoms with van der Waals surface area (Å²) in [6, 6.07) is 8.45. The number of H-pyrrole nitrogens is 1. The third-order valence-electron chi connectivity index (χ3n) is 4.48. The van der Waals surface area contributed by atoms with E-state index in [4.69, 9.17) is 4.74 Å². The van der Waals surface area contributed by atoms with Gasteiger partial charge in [-0.1, -0.05) is 44.9 Å². The van der Waals surface area contributed by atoms with E-state index in [9.17, 15) is 4.79 Å². The average molecular weight is 399 g/mol. The predicted molar refractivity (Wildman–Crippen MR) is 114 cm³/mol. The fraction of sp³-hybridized carbons (Fsp3) is 0.429. The van der Waals surface area contributed by atoms with Gasteiger partial charge in [-0.15, -0.1) is 0 Å². The number of nitrogens with two attached hydrogens (primary N) is 1. The molecule has 3 N–H and O–H groups in total. The van der Waals surface area contributed by atoms with Crippen molar-refractivity contribution in [1.82, 2.24) is 25.0 Å². The van der Waals surface area contributed by atoms with E-state index in [1.165, 1.54) is 58.1 Å². The molecule has 1 saturated carbocycles. The van der Waals surface area contributed by atoms with Gasteiger partial charge in [-0.25, -0.2) is 14.8 Å². The van der Waals surface area contributed by atoms with Crippen LogP contribution in [-0.2, 0) is 0 Å². The number of ether oxygens (including phenoxy) is 1. The van der Waals surface area contributed by atoms with Crippen LogP contribution in [0.15, 0.2) is 47.5 Å². The molecule has 0 radical (unpaired) electrons. The largest absolute Gasteiger partial charge is 0.479 e. The highest BCUT2D eigenvalue weighted by molar-refractivity contribution is 5.57. The van der Waals surface area contributed by atoms with Crippen LogP contribution in [0.1, 0.15) is 44.9 Å². The van der Waals surface area contributed by atoms with Crippen LogP contribution < -0.4 is 16.0 Å². The van der Waals surface area contributed by atoms with E-state index < -0.39 is 0 Å². The minimum atomic E-state index is -0.256. The van der Waals surface area contributed by atoms with Crippen molar-refractivity contribution < 1.29 is 4.74 Å². The molecule has 0 amide bonds. The minimum Gasteiger partial charge on any atom is -0.479 e. The Kier molecular flexibility index (Phi) is 9.57. The van der Waals surface area contributed by atoms with Crippen molar-refractivity contribution in [3.63, 3.8) is 0 Å². The summed E-state index contributed by atoms with van der Waals surface area (Å²) in [5.41, 5.74) is 6.14. The molecular weight excluding hydrogens is 368 g/mol. The van der Waals surface area contributed by atoms with Crippen molar-refractivity contribution in [2.24, 2.45) is 5.73 Å². The molecule has 0 unspecified atom stereocenters. The van der Waals surface area contributed by atoms with Crippen LogP contribution in [0.5, 0.6) is 5.88 Å². The van der Waals surface area contributed by atoms with Gasteiger partial charge in [0.25, 0.3) is 5.56 Å². The van der Waals surface area contributed by atoms with Crippen LogP contribution in [0.3, 0.4) is 0 Å². The zero-order chi connectivity index (χ0) is 20.9. The van der Waals surface area contributed by atoms with Crippen LogP contribution in [0, 0.1) is 0 Å². The normalized spacial score (nSPS) is 13.2. The molecule has 8 heteroatoms. The Morgan fingerprint density at radius 1 is 0.966 bits per heavy atom. The summed E-state index contributed by atoms with van der Waals surface area (Å²) in [6.07, 6.45) is 14.0. The molecule has 3 aromatic rings. The summed E-state index contributed by atoms with van der Waals surface area (Å²) in [5.74, 6) is 0.430. The third kappa shape index (κ3) is 6.83. The summed E-state index contributed by atoms with van der Waals surface area (Å²) in [4.78, 5) is 15.4. The molecule has 156 valence electrons. The molecule has 0 aromatic carbocycles. The van der Waals surface area contributed by atoms with Gasteiger partial charge >= 0.3 is 0 Å². The fourth-order valence-electron chi connectivity index (χ4n) is 3.04. The summed E-state index contributed by atoms with van der Waals surface area (Å²) < 4.78 is 6.95. The van der Waals surface area contributed by atoms with Gasteiger partial charge in [0.05, 0.1) is 12.8 Å². The first-order chi connectivity index (χ1) is 14.3. The standard InChI is InChI=1S/C13H11N5O2.C7H14.CH5N/c1-20-13-11(18-8-2-7-14-18)5-3-9(15-13)10-4-6-12(19)17-16-10;1-2-4-6-7-5-3-1;1-2/h2-8H,1H3,(H,17,19);1-7H2;2H2,1H3. The number of rotatable bonds is 3. The van der Waals surface area contributed by atoms with Crippen molar-refractivity contribution in [3.05, 3.63) is 53.1 Å². The molecule has 8 nitrogen and oxygen atoms in total. The zero-order valence-electron chi connectivity index (χ0n) is 17.2. The molecule has 4 rings (SSSR count). The first-order valence-electron chi connectivity index (χ1n) is 9.97. The molecule has 29 heavy (non-hydrogen) atoms. The first-order valence-corrected chi connectivity index (χ1v) is 9.97. The zero-order valence-corrected chi connectivity index (χ0v) is 17.2. The van der Waals surface area contributed by atoms with Gasteiger partial charge in [-0.3, -0.25) is 4.79 Å². The summed E-state index contributed by atoms with van der Waals surface area (Å²) in [5, 5.41) is 10.5. The number of aromatic nitrogens is 5. The van der Waals surface area contributed by atoms with Gasteiger partial charge in [-0.2, -0.15) is 10.2 Å². The van der Waals surface area contributed by atoms with Gasteiger partial charge in [0.15, 0.2) is 0 Å². The lowest BCUT2D eigenvalue weighted by molar-refractivity contribution is 0.395. The number of pyridine rings is 1. The van der Waals surface area contributed by atoms with E-state index in [-0.39, 0.29) is 5.56 Å². The molecule has 3 aromatic heterocycles. The Hall–Kier alpha value is -3.00. The number of nitrogens with one attached hydrogen (secondary N) is 1. The van der Waals surface area contributed by atoms with E-state index in [1.54, 1.807) is 36.3 Å². The van der Waals surface area contributed by atoms with Gasteiger partial charge in [0, 0.05) is 18.5 Å². The van der Waals surface area contributed by atoms with Gasteiger partial charge in [-0.05, 0) is 31.3 Å². The molecule has 1 aliphatic rings. The molecule has 0 aliphatic heterocycles. The van der Waals surface area contributed by atoms with E-state index >= 15 is 0 Å². The number of hydrogen-bond acceptors (Lipinski definition) is 6. The Morgan fingerprint density at radius 2 is 1.59 bits per heavy atom. The van der Waals surface area contributed by atoms with Crippen LogP contribution in [0.25, 0.3) is 17.1 Å². The monoisotopic (exact) mass is 398 g/mol. The van der Waals surface area contributed by atoms with Gasteiger partial charge in [0.2, 0.25) is 5.88 Å². The molecule has 1 aliphatic carbocycles. The molecule has 3 heterocycles. The summed E-state index contributed by atoms with van der Waals surface area (Å²) in [6.45, 7) is 0. The van der Waals surface area contributed by atoms with Crippen molar-refractivity contribution in [2.75, 3.05) is 14.2 Å². The van der Waals surface area contributed by atoms with Gasteiger partial charge < -0.3 is 10.5 Å². The van der Waals surface area contributed by atoms with Crippen LogP contribution in [0.4, 0.5) is 0 Å². The van der Waals surface area contributed by atoms with Crippen molar-refractivity contribution >= 4 is 0 Å². The van der Waals surface area contributed by atoms with E-state index in [0.717, 1.165) is 5.69 Å². The highest BCUT2D eigenvalue weighted by atomic mass is 16.5. The summed E-state index contributed by atoms with van der Waals surface area (Å²) >= 11 is 0. The summed E-state index contributed by atoms with van der Waals surface area (Å²) in [7, 11) is 3.04. The molecule has 0 spiro atoms. The van der Waals surface area contributed by atoms with E-state index in [1.807, 2.05) is 12.1 Å². The molecule has 0 bridgehead atoms. The van der Waals surface area contributed by atoms with E-state index in [0.29, 0.717) is 17.3 Å². The number of methoxy groups -OCH3 is 1. The maximum atomic E-state index is 11.0. The Bertz CT molecular complexity index is 852. The molecule has 1 fully saturated rings. The second-order valence-corrected chi connectivity index (χ2v) is 6.46. The third-order valence-corrected chi connectivity index (χ3v) is 4.48. The van der Waals surface area contributed by atoms with Crippen molar-refractivity contribution in [3.8, 4) is 23.0 Å². The Labute approximate surface area is 171 Å². The molecule has 0 saturated heterocycles. The fourth-order valence-corrected chi connectivity index (χ4v) is 3.04. The lowest BCUT2D eigenvalue weighted by Gasteiger charge is -2.09. The minimum absolute atomic E-state index is 0.256. The quantitative estimate of drug-likeness (QED) is 0.655. The van der Waals surface area contributed by atoms with Gasteiger partial charge in [0.1, 0.15) is 11.4 Å². The topological polar surface area (TPSA) is 112 Å². The highest BCUT2D eigenvalue weighted by Crippen LogP contribution is 2.23. The average Bonchev–Trinajstić information content (AvgIpc) is 3.15. The lowest BCUT2D eigenvalue weighted by atomic mass is 10.2. The molecular formula is C21H30N6O2. The van der Waals surface area contributed by atoms with Crippen molar-refractivity contribution in [2.45, 2.75) is 44.9 Å². The number of aromatic amines is 1. The second-order valence-electron chi connectivity index (χ2n) is 6.46. The SMILES string of the molecule is C1CCCCCC1.CN.COc1nc(-c2ccc(=O)[nH]n2)ccc1-n1cccn1. The predicted octanol–water partition coefficient (Wildman–Crippen LogP) is 3.33. The van der Waals surface area contributed by atoms with Crippen LogP contribution >= 0.6 is 0 Å². The van der Waals surface area contributed by atoms with E-state index in [2.05, 4.69) is 26.0 Å². The Balaban J connectivity index is 0.000000280. The lowest BCUT2D eigenvalue weighted by Crippen LogP contribution is -2.07. The second kappa shape index (κ2) is 12.5. The highest BCUT2D eigenvalue weighted by Gasteiger charge is 2.10. The van der Waals surface area contributed by atoms with Crippen LogP contribution in [0.2, 0.25) is 0 Å². The molecule has 0 atom stereocenters. The maximum Gasteiger partial charge on any atom is 0.264 e. The van der Waals surface area contributed by atoms with Crippen LogP contribution in [-0.4, -0.2) is 39.1 Å². The Morgan fingerprint density at radius 3 is 2.07 bits per heavy atom.